The van der Waals surface area contributed by atoms with Crippen LogP contribution < -0.4 is 15.2 Å². The van der Waals surface area contributed by atoms with Crippen molar-refractivity contribution in [2.75, 3.05) is 18.6 Å². The van der Waals surface area contributed by atoms with Gasteiger partial charge in [-0.3, -0.25) is 0 Å². The van der Waals surface area contributed by atoms with E-state index >= 15 is 0 Å². The molecule has 1 saturated heterocycles. The van der Waals surface area contributed by atoms with E-state index in [1.807, 2.05) is 18.2 Å². The second kappa shape index (κ2) is 4.63. The molecule has 110 valence electrons. The molecule has 0 amide bonds. The first kappa shape index (κ1) is 13.7. The number of sulfone groups is 1. The minimum Gasteiger partial charge on any atom is -0.497 e. The van der Waals surface area contributed by atoms with Crippen LogP contribution in [0.2, 0.25) is 0 Å². The van der Waals surface area contributed by atoms with Crippen molar-refractivity contribution < 1.29 is 17.9 Å². The summed E-state index contributed by atoms with van der Waals surface area (Å²) in [6.45, 7) is 0. The number of benzene rings is 1. The first-order chi connectivity index (χ1) is 9.43. The van der Waals surface area contributed by atoms with Gasteiger partial charge in [0.25, 0.3) is 0 Å². The molecule has 1 aromatic rings. The van der Waals surface area contributed by atoms with Gasteiger partial charge in [-0.25, -0.2) is 8.42 Å². The van der Waals surface area contributed by atoms with Crippen LogP contribution in [0.15, 0.2) is 18.2 Å². The molecular formula is C14H19NO4S. The van der Waals surface area contributed by atoms with Gasteiger partial charge in [0, 0.05) is 36.9 Å². The standard InChI is InChI=1S/C14H19NO4S/c1-18-10-2-3-11-12(15)9-14(19-13(11)8-10)4-6-20(16,17)7-5-14/h2-3,8,12H,4-7,9,15H2,1H3/t12-/m1/s1. The van der Waals surface area contributed by atoms with Crippen LogP contribution in [0.5, 0.6) is 11.5 Å². The molecule has 2 aliphatic rings. The van der Waals surface area contributed by atoms with Crippen molar-refractivity contribution in [3.63, 3.8) is 0 Å². The smallest absolute Gasteiger partial charge is 0.150 e. The number of hydrogen-bond acceptors (Lipinski definition) is 5. The molecule has 0 bridgehead atoms. The predicted molar refractivity (Wildman–Crippen MR) is 75.8 cm³/mol. The minimum atomic E-state index is -2.91. The van der Waals surface area contributed by atoms with Gasteiger partial charge in [0.2, 0.25) is 0 Å². The Morgan fingerprint density at radius 3 is 2.70 bits per heavy atom. The lowest BCUT2D eigenvalue weighted by molar-refractivity contribution is 0.0262. The number of ether oxygens (including phenoxy) is 2. The topological polar surface area (TPSA) is 78.6 Å². The Morgan fingerprint density at radius 2 is 2.05 bits per heavy atom. The second-order valence-corrected chi connectivity index (χ2v) is 7.95. The summed E-state index contributed by atoms with van der Waals surface area (Å²) in [5, 5.41) is 0. The summed E-state index contributed by atoms with van der Waals surface area (Å²) in [5.74, 6) is 1.80. The van der Waals surface area contributed by atoms with E-state index < -0.39 is 15.4 Å². The van der Waals surface area contributed by atoms with E-state index in [1.165, 1.54) is 0 Å². The predicted octanol–water partition coefficient (Wildman–Crippen LogP) is 1.42. The summed E-state index contributed by atoms with van der Waals surface area (Å²) < 4.78 is 34.5. The quantitative estimate of drug-likeness (QED) is 0.848. The summed E-state index contributed by atoms with van der Waals surface area (Å²) in [4.78, 5) is 0. The third kappa shape index (κ3) is 2.38. The van der Waals surface area contributed by atoms with Crippen LogP contribution in [0.3, 0.4) is 0 Å². The molecule has 0 aromatic heterocycles. The molecule has 1 fully saturated rings. The average molecular weight is 297 g/mol. The minimum absolute atomic E-state index is 0.120. The molecule has 3 rings (SSSR count). The number of rotatable bonds is 1. The Bertz CT molecular complexity index is 612. The van der Waals surface area contributed by atoms with Crippen LogP contribution in [0.4, 0.5) is 0 Å². The lowest BCUT2D eigenvalue weighted by Crippen LogP contribution is -2.48. The van der Waals surface area contributed by atoms with Gasteiger partial charge >= 0.3 is 0 Å². The largest absolute Gasteiger partial charge is 0.497 e. The average Bonchev–Trinajstić information content (AvgIpc) is 2.42. The monoisotopic (exact) mass is 297 g/mol. The van der Waals surface area contributed by atoms with Gasteiger partial charge in [0.1, 0.15) is 17.1 Å². The third-order valence-corrected chi connectivity index (χ3v) is 5.93. The highest BCUT2D eigenvalue weighted by Crippen LogP contribution is 2.44. The van der Waals surface area contributed by atoms with Crippen LogP contribution >= 0.6 is 0 Å². The first-order valence-corrected chi connectivity index (χ1v) is 8.58. The van der Waals surface area contributed by atoms with Crippen molar-refractivity contribution in [2.45, 2.75) is 30.9 Å². The summed E-state index contributed by atoms with van der Waals surface area (Å²) in [5.41, 5.74) is 6.76. The SMILES string of the molecule is COc1ccc2c(c1)OC1(CCS(=O)(=O)CC1)C[C@H]2N. The Kier molecular flexibility index (Phi) is 3.17. The molecule has 0 aliphatic carbocycles. The molecule has 20 heavy (non-hydrogen) atoms. The van der Waals surface area contributed by atoms with Crippen LogP contribution in [0.25, 0.3) is 0 Å². The van der Waals surface area contributed by atoms with Gasteiger partial charge < -0.3 is 15.2 Å². The van der Waals surface area contributed by atoms with Crippen LogP contribution in [-0.2, 0) is 9.84 Å². The van der Waals surface area contributed by atoms with E-state index in [-0.39, 0.29) is 17.5 Å². The lowest BCUT2D eigenvalue weighted by Gasteiger charge is -2.43. The maximum absolute atomic E-state index is 11.6. The summed E-state index contributed by atoms with van der Waals surface area (Å²) in [6.07, 6.45) is 1.70. The fourth-order valence-corrected chi connectivity index (χ4v) is 4.61. The van der Waals surface area contributed by atoms with E-state index in [4.69, 9.17) is 15.2 Å². The third-order valence-electron chi connectivity index (χ3n) is 4.28. The molecule has 0 unspecified atom stereocenters. The number of nitrogens with two attached hydrogens (primary N) is 1. The van der Waals surface area contributed by atoms with Crippen molar-refractivity contribution >= 4 is 9.84 Å². The Morgan fingerprint density at radius 1 is 1.35 bits per heavy atom. The number of hydrogen-bond donors (Lipinski definition) is 1. The van der Waals surface area contributed by atoms with Crippen LogP contribution in [0, 0.1) is 0 Å². The molecule has 0 radical (unpaired) electrons. The zero-order valence-corrected chi connectivity index (χ0v) is 12.3. The molecule has 5 nitrogen and oxygen atoms in total. The van der Waals surface area contributed by atoms with Gasteiger partial charge in [-0.05, 0) is 6.07 Å². The fourth-order valence-electron chi connectivity index (χ4n) is 3.04. The Balaban J connectivity index is 1.91. The molecule has 1 atom stereocenters. The van der Waals surface area contributed by atoms with Crippen LogP contribution in [-0.4, -0.2) is 32.6 Å². The second-order valence-electron chi connectivity index (χ2n) is 5.65. The lowest BCUT2D eigenvalue weighted by atomic mass is 9.83. The molecular weight excluding hydrogens is 278 g/mol. The highest BCUT2D eigenvalue weighted by molar-refractivity contribution is 7.91. The molecule has 0 saturated carbocycles. The van der Waals surface area contributed by atoms with Crippen molar-refractivity contribution in [1.82, 2.24) is 0 Å². The van der Waals surface area contributed by atoms with Gasteiger partial charge in [-0.15, -0.1) is 0 Å². The summed E-state index contributed by atoms with van der Waals surface area (Å²) >= 11 is 0. The molecule has 1 aromatic carbocycles. The zero-order valence-electron chi connectivity index (χ0n) is 11.5. The maximum Gasteiger partial charge on any atom is 0.150 e. The molecule has 2 heterocycles. The van der Waals surface area contributed by atoms with Crippen LogP contribution in [0.1, 0.15) is 30.9 Å². The number of fused-ring (bicyclic) bond motifs is 1. The van der Waals surface area contributed by atoms with Gasteiger partial charge in [-0.2, -0.15) is 0 Å². The fraction of sp³-hybridized carbons (Fsp3) is 0.571. The maximum atomic E-state index is 11.6. The van der Waals surface area contributed by atoms with Crippen molar-refractivity contribution in [2.24, 2.45) is 5.73 Å². The van der Waals surface area contributed by atoms with Crippen molar-refractivity contribution in [1.29, 1.82) is 0 Å². The Hall–Kier alpha value is -1.27. The highest BCUT2D eigenvalue weighted by atomic mass is 32.2. The van der Waals surface area contributed by atoms with E-state index in [2.05, 4.69) is 0 Å². The van der Waals surface area contributed by atoms with Crippen molar-refractivity contribution in [3.8, 4) is 11.5 Å². The van der Waals surface area contributed by atoms with Gasteiger partial charge in [-0.1, -0.05) is 6.07 Å². The van der Waals surface area contributed by atoms with Crippen molar-refractivity contribution in [3.05, 3.63) is 23.8 Å². The van der Waals surface area contributed by atoms with E-state index in [1.54, 1.807) is 7.11 Å². The summed E-state index contributed by atoms with van der Waals surface area (Å²) in [6, 6.07) is 5.50. The molecule has 2 N–H and O–H groups in total. The normalized spacial score (nSPS) is 26.6. The molecule has 6 heteroatoms. The van der Waals surface area contributed by atoms with E-state index in [0.29, 0.717) is 19.3 Å². The molecule has 1 spiro atoms. The van der Waals surface area contributed by atoms with Gasteiger partial charge in [0.15, 0.2) is 9.84 Å². The van der Waals surface area contributed by atoms with Gasteiger partial charge in [0.05, 0.1) is 18.6 Å². The molecule has 2 aliphatic heterocycles. The van der Waals surface area contributed by atoms with E-state index in [0.717, 1.165) is 17.1 Å². The number of methoxy groups -OCH3 is 1. The highest BCUT2D eigenvalue weighted by Gasteiger charge is 2.44. The van der Waals surface area contributed by atoms with E-state index in [9.17, 15) is 8.42 Å². The summed E-state index contributed by atoms with van der Waals surface area (Å²) in [7, 11) is -1.31. The zero-order chi connectivity index (χ0) is 14.4. The Labute approximate surface area is 119 Å². The first-order valence-electron chi connectivity index (χ1n) is 6.76.